The molecule has 7 nitrogen and oxygen atoms in total. The van der Waals surface area contributed by atoms with Crippen molar-refractivity contribution in [2.45, 2.75) is 0 Å². The van der Waals surface area contributed by atoms with Gasteiger partial charge in [-0.1, -0.05) is 23.9 Å². The quantitative estimate of drug-likeness (QED) is 0.659. The average Bonchev–Trinajstić information content (AvgIpc) is 3.07. The molecule has 0 unspecified atom stereocenters. The second-order valence-electron chi connectivity index (χ2n) is 6.77. The molecule has 1 heterocycles. The number of hydrogen-bond acceptors (Lipinski definition) is 8. The number of carbonyl (C=O) groups is 1. The number of nitrogens with zero attached hydrogens (tertiary/aromatic N) is 2. The van der Waals surface area contributed by atoms with Gasteiger partial charge >= 0.3 is 5.97 Å². The molecule has 162 valence electrons. The fraction of sp³-hybridized carbons (Fsp3) is 0.217. The first kappa shape index (κ1) is 22.3. The lowest BCUT2D eigenvalue weighted by Gasteiger charge is -2.11. The first-order valence-corrected chi connectivity index (χ1v) is 10.2. The SMILES string of the molecule is COC(=O)C1=C(O)C(=Cc2ccc(N(C)C)cc2)SC1=Nc1ccc(OC)c(OC)c1. The van der Waals surface area contributed by atoms with Crippen LogP contribution in [0.25, 0.3) is 6.08 Å². The van der Waals surface area contributed by atoms with Crippen molar-refractivity contribution >= 4 is 40.2 Å². The van der Waals surface area contributed by atoms with Crippen molar-refractivity contribution in [2.24, 2.45) is 4.99 Å². The lowest BCUT2D eigenvalue weighted by Crippen LogP contribution is -2.10. The molecule has 2 aromatic rings. The number of anilines is 1. The minimum Gasteiger partial charge on any atom is -0.506 e. The Labute approximate surface area is 185 Å². The number of esters is 1. The van der Waals surface area contributed by atoms with E-state index >= 15 is 0 Å². The van der Waals surface area contributed by atoms with E-state index in [0.717, 1.165) is 11.3 Å². The number of hydrogen-bond donors (Lipinski definition) is 1. The maximum Gasteiger partial charge on any atom is 0.344 e. The molecule has 0 amide bonds. The summed E-state index contributed by atoms with van der Waals surface area (Å²) in [6.45, 7) is 0. The first-order valence-electron chi connectivity index (χ1n) is 9.38. The maximum atomic E-state index is 12.4. The summed E-state index contributed by atoms with van der Waals surface area (Å²) in [4.78, 5) is 19.4. The Bertz CT molecular complexity index is 1070. The predicted molar refractivity (Wildman–Crippen MR) is 125 cm³/mol. The van der Waals surface area contributed by atoms with Crippen molar-refractivity contribution in [3.8, 4) is 11.5 Å². The van der Waals surface area contributed by atoms with Crippen LogP contribution in [0, 0.1) is 0 Å². The monoisotopic (exact) mass is 440 g/mol. The van der Waals surface area contributed by atoms with Gasteiger partial charge < -0.3 is 24.2 Å². The van der Waals surface area contributed by atoms with E-state index < -0.39 is 5.97 Å². The number of aliphatic hydroxyl groups is 1. The summed E-state index contributed by atoms with van der Waals surface area (Å²) < 4.78 is 15.4. The molecular formula is C23H24N2O5S. The van der Waals surface area contributed by atoms with Crippen LogP contribution in [0.1, 0.15) is 5.56 Å². The molecule has 2 aromatic carbocycles. The summed E-state index contributed by atoms with van der Waals surface area (Å²) in [5.74, 6) is 0.263. The molecule has 1 aliphatic heterocycles. The summed E-state index contributed by atoms with van der Waals surface area (Å²) in [6, 6.07) is 13.0. The molecule has 0 saturated carbocycles. The molecule has 0 saturated heterocycles. The Kier molecular flexibility index (Phi) is 6.91. The van der Waals surface area contributed by atoms with E-state index in [-0.39, 0.29) is 11.3 Å². The van der Waals surface area contributed by atoms with Gasteiger partial charge in [0.25, 0.3) is 0 Å². The number of benzene rings is 2. The van der Waals surface area contributed by atoms with Crippen LogP contribution in [-0.4, -0.2) is 51.5 Å². The zero-order valence-corrected chi connectivity index (χ0v) is 18.8. The zero-order valence-electron chi connectivity index (χ0n) is 18.0. The van der Waals surface area contributed by atoms with Gasteiger partial charge in [-0.05, 0) is 35.9 Å². The third-order valence-electron chi connectivity index (χ3n) is 4.59. The molecular weight excluding hydrogens is 416 g/mol. The fourth-order valence-electron chi connectivity index (χ4n) is 2.92. The highest BCUT2D eigenvalue weighted by Crippen LogP contribution is 2.41. The van der Waals surface area contributed by atoms with Crippen molar-refractivity contribution in [2.75, 3.05) is 40.3 Å². The van der Waals surface area contributed by atoms with Crippen molar-refractivity contribution in [1.82, 2.24) is 0 Å². The van der Waals surface area contributed by atoms with Crippen molar-refractivity contribution in [3.05, 3.63) is 64.3 Å². The molecule has 0 bridgehead atoms. The summed E-state index contributed by atoms with van der Waals surface area (Å²) in [6.07, 6.45) is 1.81. The number of thioether (sulfide) groups is 1. The fourth-order valence-corrected chi connectivity index (χ4v) is 3.96. The molecule has 31 heavy (non-hydrogen) atoms. The highest BCUT2D eigenvalue weighted by molar-refractivity contribution is 8.18. The zero-order chi connectivity index (χ0) is 22.5. The molecule has 1 aliphatic rings. The van der Waals surface area contributed by atoms with Crippen LogP contribution in [0.5, 0.6) is 11.5 Å². The molecule has 1 N–H and O–H groups in total. The number of ether oxygens (including phenoxy) is 3. The van der Waals surface area contributed by atoms with Crippen LogP contribution in [-0.2, 0) is 9.53 Å². The van der Waals surface area contributed by atoms with Crippen LogP contribution in [0.15, 0.2) is 63.7 Å². The Morgan fingerprint density at radius 2 is 1.71 bits per heavy atom. The number of aliphatic imine (C=N–C) groups is 1. The minimum atomic E-state index is -0.657. The molecule has 0 aromatic heterocycles. The van der Waals surface area contributed by atoms with E-state index in [1.165, 1.54) is 26.0 Å². The topological polar surface area (TPSA) is 80.6 Å². The summed E-state index contributed by atoms with van der Waals surface area (Å²) in [7, 11) is 8.29. The Balaban J connectivity index is 2.00. The number of methoxy groups -OCH3 is 3. The van der Waals surface area contributed by atoms with Crippen LogP contribution in [0.2, 0.25) is 0 Å². The second-order valence-corrected chi connectivity index (χ2v) is 7.80. The van der Waals surface area contributed by atoms with E-state index in [1.54, 1.807) is 31.4 Å². The van der Waals surface area contributed by atoms with E-state index in [1.807, 2.05) is 43.3 Å². The van der Waals surface area contributed by atoms with Gasteiger partial charge in [-0.2, -0.15) is 0 Å². The highest BCUT2D eigenvalue weighted by atomic mass is 32.2. The summed E-state index contributed by atoms with van der Waals surface area (Å²) >= 11 is 1.20. The van der Waals surface area contributed by atoms with Gasteiger partial charge in [0.05, 0.1) is 31.9 Å². The standard InChI is InChI=1S/C23H24N2O5S/c1-25(2)16-9-6-14(7-10-16)12-19-21(26)20(23(27)30-5)22(31-19)24-15-8-11-17(28-3)18(13-15)29-4/h6-13,26H,1-5H3. The van der Waals surface area contributed by atoms with Gasteiger partial charge in [-0.25, -0.2) is 9.79 Å². The molecule has 0 fully saturated rings. The number of carbonyl (C=O) groups excluding carboxylic acids is 1. The molecule has 0 atom stereocenters. The lowest BCUT2D eigenvalue weighted by atomic mass is 10.1. The van der Waals surface area contributed by atoms with Gasteiger partial charge in [0.2, 0.25) is 0 Å². The van der Waals surface area contributed by atoms with Gasteiger partial charge in [0, 0.05) is 25.8 Å². The summed E-state index contributed by atoms with van der Waals surface area (Å²) in [5.41, 5.74) is 2.52. The van der Waals surface area contributed by atoms with E-state index in [0.29, 0.717) is 27.1 Å². The van der Waals surface area contributed by atoms with Crippen LogP contribution < -0.4 is 14.4 Å². The van der Waals surface area contributed by atoms with Crippen molar-refractivity contribution in [3.63, 3.8) is 0 Å². The van der Waals surface area contributed by atoms with E-state index in [9.17, 15) is 9.90 Å². The average molecular weight is 441 g/mol. The first-order chi connectivity index (χ1) is 14.9. The van der Waals surface area contributed by atoms with Crippen LogP contribution >= 0.6 is 11.8 Å². The number of aliphatic hydroxyl groups excluding tert-OH is 1. The van der Waals surface area contributed by atoms with E-state index in [4.69, 9.17) is 14.2 Å². The largest absolute Gasteiger partial charge is 0.506 e. The Hall–Kier alpha value is -3.39. The third kappa shape index (κ3) is 4.86. The second kappa shape index (κ2) is 9.61. The van der Waals surface area contributed by atoms with Gasteiger partial charge in [0.15, 0.2) is 11.5 Å². The summed E-state index contributed by atoms with van der Waals surface area (Å²) in [5, 5.41) is 11.1. The van der Waals surface area contributed by atoms with Gasteiger partial charge in [-0.3, -0.25) is 0 Å². The van der Waals surface area contributed by atoms with Gasteiger partial charge in [-0.15, -0.1) is 0 Å². The van der Waals surface area contributed by atoms with Crippen LogP contribution in [0.3, 0.4) is 0 Å². The van der Waals surface area contributed by atoms with Crippen LogP contribution in [0.4, 0.5) is 11.4 Å². The van der Waals surface area contributed by atoms with E-state index in [2.05, 4.69) is 4.99 Å². The molecule has 8 heteroatoms. The normalized spacial score (nSPS) is 16.0. The Morgan fingerprint density at radius 3 is 2.29 bits per heavy atom. The highest BCUT2D eigenvalue weighted by Gasteiger charge is 2.33. The molecule has 0 spiro atoms. The predicted octanol–water partition coefficient (Wildman–Crippen LogP) is 4.57. The Morgan fingerprint density at radius 1 is 1.03 bits per heavy atom. The molecule has 3 rings (SSSR count). The third-order valence-corrected chi connectivity index (χ3v) is 5.61. The molecule has 0 radical (unpaired) electrons. The number of rotatable bonds is 6. The minimum absolute atomic E-state index is 0.0263. The van der Waals surface area contributed by atoms with Gasteiger partial charge in [0.1, 0.15) is 16.4 Å². The smallest absolute Gasteiger partial charge is 0.344 e. The van der Waals surface area contributed by atoms with Crippen molar-refractivity contribution in [1.29, 1.82) is 0 Å². The molecule has 0 aliphatic carbocycles. The van der Waals surface area contributed by atoms with Crippen molar-refractivity contribution < 1.29 is 24.1 Å². The lowest BCUT2D eigenvalue weighted by molar-refractivity contribution is -0.135. The maximum absolute atomic E-state index is 12.4.